The molecule has 9 heteroatoms. The Bertz CT molecular complexity index is 1320. The van der Waals surface area contributed by atoms with Crippen LogP contribution in [0.4, 0.5) is 10.5 Å². The highest BCUT2D eigenvalue weighted by atomic mass is 16.6. The molecule has 0 fully saturated rings. The Hall–Kier alpha value is -4.14. The van der Waals surface area contributed by atoms with Gasteiger partial charge < -0.3 is 19.5 Å². The highest BCUT2D eigenvalue weighted by Crippen LogP contribution is 2.33. The summed E-state index contributed by atoms with van der Waals surface area (Å²) in [6.07, 6.45) is 2.53. The third kappa shape index (κ3) is 4.89. The van der Waals surface area contributed by atoms with Gasteiger partial charge in [0.25, 0.3) is 5.91 Å². The second-order valence-electron chi connectivity index (χ2n) is 8.71. The predicted molar refractivity (Wildman–Crippen MR) is 128 cm³/mol. The van der Waals surface area contributed by atoms with Gasteiger partial charge in [0.05, 0.1) is 11.1 Å². The summed E-state index contributed by atoms with van der Waals surface area (Å²) in [6.45, 7) is 2.43. The monoisotopic (exact) mass is 475 g/mol. The number of imide groups is 1. The number of anilines is 1. The lowest BCUT2D eigenvalue weighted by Gasteiger charge is -2.24. The number of pyridine rings is 1. The molecular weight excluding hydrogens is 450 g/mol. The highest BCUT2D eigenvalue weighted by molar-refractivity contribution is 6.06. The van der Waals surface area contributed by atoms with Gasteiger partial charge >= 0.3 is 12.0 Å². The molecule has 2 aromatic carbocycles. The van der Waals surface area contributed by atoms with E-state index in [-0.39, 0.29) is 0 Å². The first-order valence-corrected chi connectivity index (χ1v) is 11.6. The number of aromatic nitrogens is 1. The van der Waals surface area contributed by atoms with E-state index in [9.17, 15) is 14.4 Å². The number of rotatable bonds is 4. The summed E-state index contributed by atoms with van der Waals surface area (Å²) in [7, 11) is 0. The van der Waals surface area contributed by atoms with Crippen LogP contribution in [-0.4, -0.2) is 42.7 Å². The van der Waals surface area contributed by atoms with Crippen molar-refractivity contribution in [1.29, 1.82) is 0 Å². The molecular formula is C26H25N3O6. The van der Waals surface area contributed by atoms with E-state index >= 15 is 0 Å². The van der Waals surface area contributed by atoms with Gasteiger partial charge in [-0.15, -0.1) is 0 Å². The van der Waals surface area contributed by atoms with Crippen molar-refractivity contribution in [3.63, 3.8) is 0 Å². The Balaban J connectivity index is 1.24. The molecule has 9 nitrogen and oxygen atoms in total. The number of ether oxygens (including phenoxy) is 3. The van der Waals surface area contributed by atoms with Gasteiger partial charge in [0.15, 0.2) is 18.1 Å². The van der Waals surface area contributed by atoms with Crippen LogP contribution in [0.2, 0.25) is 0 Å². The predicted octanol–water partition coefficient (Wildman–Crippen LogP) is 3.64. The molecule has 1 atom stereocenters. The Morgan fingerprint density at radius 2 is 1.89 bits per heavy atom. The molecule has 35 heavy (non-hydrogen) atoms. The zero-order chi connectivity index (χ0) is 24.4. The Morgan fingerprint density at radius 1 is 1.09 bits per heavy atom. The van der Waals surface area contributed by atoms with Gasteiger partial charge in [-0.25, -0.2) is 9.59 Å². The van der Waals surface area contributed by atoms with Crippen molar-refractivity contribution in [3.05, 3.63) is 59.3 Å². The minimum absolute atomic E-state index is 0.418. The minimum atomic E-state index is -0.747. The first kappa shape index (κ1) is 22.6. The zero-order valence-electron chi connectivity index (χ0n) is 19.3. The first-order valence-electron chi connectivity index (χ1n) is 11.6. The fourth-order valence-corrected chi connectivity index (χ4v) is 4.45. The zero-order valence-corrected chi connectivity index (χ0v) is 19.3. The minimum Gasteiger partial charge on any atom is -0.486 e. The summed E-state index contributed by atoms with van der Waals surface area (Å²) in [5.74, 6) is 0.178. The topological polar surface area (TPSA) is 116 Å². The van der Waals surface area contributed by atoms with E-state index < -0.39 is 24.5 Å². The van der Waals surface area contributed by atoms with E-state index in [4.69, 9.17) is 19.2 Å². The lowest BCUT2D eigenvalue weighted by molar-refractivity contribution is -0.123. The third-order valence-corrected chi connectivity index (χ3v) is 6.10. The number of para-hydroxylation sites is 1. The molecule has 1 aliphatic carbocycles. The Kier molecular flexibility index (Phi) is 6.22. The molecule has 0 saturated carbocycles. The van der Waals surface area contributed by atoms with Crippen molar-refractivity contribution in [2.75, 3.05) is 25.1 Å². The number of urea groups is 1. The van der Waals surface area contributed by atoms with Gasteiger partial charge in [0, 0.05) is 22.8 Å². The number of fused-ring (bicyclic) bond motifs is 3. The van der Waals surface area contributed by atoms with E-state index in [1.165, 1.54) is 0 Å². The third-order valence-electron chi connectivity index (χ3n) is 6.10. The second kappa shape index (κ2) is 9.61. The first-order chi connectivity index (χ1) is 17.0. The number of amides is 3. The van der Waals surface area contributed by atoms with Crippen molar-refractivity contribution >= 4 is 34.5 Å². The fraction of sp³-hybridized carbons (Fsp3) is 0.308. The van der Waals surface area contributed by atoms with Gasteiger partial charge in [-0.2, -0.15) is 0 Å². The molecule has 1 aliphatic heterocycles. The van der Waals surface area contributed by atoms with E-state index in [0.717, 1.165) is 36.0 Å². The van der Waals surface area contributed by atoms with Crippen LogP contribution in [0, 0.1) is 5.92 Å². The molecule has 0 radical (unpaired) electrons. The maximum absolute atomic E-state index is 13.1. The molecule has 180 valence electrons. The van der Waals surface area contributed by atoms with Crippen molar-refractivity contribution in [3.8, 4) is 11.5 Å². The van der Waals surface area contributed by atoms with Gasteiger partial charge in [0.2, 0.25) is 0 Å². The van der Waals surface area contributed by atoms with E-state index in [1.807, 2.05) is 24.3 Å². The summed E-state index contributed by atoms with van der Waals surface area (Å²) in [5.41, 5.74) is 3.38. The largest absolute Gasteiger partial charge is 0.486 e. The number of nitrogens with one attached hydrogen (secondary N) is 2. The number of hydrogen-bond acceptors (Lipinski definition) is 7. The average molecular weight is 476 g/mol. The Morgan fingerprint density at radius 3 is 2.74 bits per heavy atom. The molecule has 2 aliphatic rings. The molecule has 2 N–H and O–H groups in total. The van der Waals surface area contributed by atoms with Crippen LogP contribution in [0.15, 0.2) is 42.5 Å². The summed E-state index contributed by atoms with van der Waals surface area (Å²) in [5, 5.41) is 5.42. The second-order valence-corrected chi connectivity index (χ2v) is 8.71. The van der Waals surface area contributed by atoms with Gasteiger partial charge in [-0.05, 0) is 48.9 Å². The van der Waals surface area contributed by atoms with Crippen LogP contribution in [0.5, 0.6) is 11.5 Å². The number of aryl methyl sites for hydroxylation is 1. The smallest absolute Gasteiger partial charge is 0.339 e. The van der Waals surface area contributed by atoms with Crippen LogP contribution >= 0.6 is 0 Å². The molecule has 0 unspecified atom stereocenters. The molecule has 1 aromatic heterocycles. The van der Waals surface area contributed by atoms with Gasteiger partial charge in [0.1, 0.15) is 13.2 Å². The SMILES string of the molecule is C[C@H]1CCc2nc3ccccc3c(C(=O)OCC(=O)NC(=O)Nc3ccc4c(c3)OCCO4)c2C1. The van der Waals surface area contributed by atoms with Crippen LogP contribution in [0.1, 0.15) is 35.0 Å². The molecule has 0 saturated heterocycles. The standard InChI is InChI=1S/C26H25N3O6/c1-15-6-8-20-18(12-15)24(17-4-2-3-5-19(17)28-20)25(31)35-14-23(30)29-26(32)27-16-7-9-21-22(13-16)34-11-10-33-21/h2-5,7,9,13,15H,6,8,10-12,14H2,1H3,(H2,27,29,30,32)/t15-/m0/s1. The summed E-state index contributed by atoms with van der Waals surface area (Å²) in [6, 6.07) is 11.6. The summed E-state index contributed by atoms with van der Waals surface area (Å²) >= 11 is 0. The van der Waals surface area contributed by atoms with Crippen LogP contribution in [-0.2, 0) is 22.4 Å². The molecule has 3 amide bonds. The summed E-state index contributed by atoms with van der Waals surface area (Å²) in [4.78, 5) is 42.4. The number of nitrogens with zero attached hydrogens (tertiary/aromatic N) is 1. The average Bonchev–Trinajstić information content (AvgIpc) is 2.85. The van der Waals surface area contributed by atoms with E-state index in [1.54, 1.807) is 18.2 Å². The van der Waals surface area contributed by atoms with Crippen molar-refractivity contribution in [1.82, 2.24) is 10.3 Å². The lowest BCUT2D eigenvalue weighted by atomic mass is 9.84. The van der Waals surface area contributed by atoms with Crippen LogP contribution in [0.3, 0.4) is 0 Å². The van der Waals surface area contributed by atoms with Crippen molar-refractivity contribution in [2.24, 2.45) is 5.92 Å². The Labute approximate surface area is 201 Å². The number of esters is 1. The van der Waals surface area contributed by atoms with Gasteiger partial charge in [-0.1, -0.05) is 25.1 Å². The maximum atomic E-state index is 13.1. The highest BCUT2D eigenvalue weighted by Gasteiger charge is 2.26. The van der Waals surface area contributed by atoms with E-state index in [2.05, 4.69) is 17.6 Å². The lowest BCUT2D eigenvalue weighted by Crippen LogP contribution is -2.37. The molecule has 0 spiro atoms. The maximum Gasteiger partial charge on any atom is 0.339 e. The molecule has 2 heterocycles. The molecule has 5 rings (SSSR count). The number of carbonyl (C=O) groups is 3. The number of benzene rings is 2. The summed E-state index contributed by atoms with van der Waals surface area (Å²) < 4.78 is 16.3. The molecule has 0 bridgehead atoms. The van der Waals surface area contributed by atoms with E-state index in [0.29, 0.717) is 47.3 Å². The molecule has 3 aromatic rings. The van der Waals surface area contributed by atoms with Crippen molar-refractivity contribution < 1.29 is 28.6 Å². The number of hydrogen-bond donors (Lipinski definition) is 2. The quantitative estimate of drug-likeness (QED) is 0.554. The fourth-order valence-electron chi connectivity index (χ4n) is 4.45. The van der Waals surface area contributed by atoms with Gasteiger partial charge in [-0.3, -0.25) is 15.1 Å². The number of carbonyl (C=O) groups excluding carboxylic acids is 3. The normalized spacial score (nSPS) is 16.2. The van der Waals surface area contributed by atoms with Crippen LogP contribution < -0.4 is 20.1 Å². The van der Waals surface area contributed by atoms with Crippen molar-refractivity contribution in [2.45, 2.75) is 26.2 Å². The van der Waals surface area contributed by atoms with Crippen LogP contribution in [0.25, 0.3) is 10.9 Å².